The highest BCUT2D eigenvalue weighted by atomic mass is 16.5. The van der Waals surface area contributed by atoms with Crippen LogP contribution in [0.15, 0.2) is 180 Å². The molecule has 0 N–H and O–H groups in total. The first kappa shape index (κ1) is 29.9. The van der Waals surface area contributed by atoms with Crippen molar-refractivity contribution in [1.29, 1.82) is 0 Å². The lowest BCUT2D eigenvalue weighted by atomic mass is 9.66. The van der Waals surface area contributed by atoms with Gasteiger partial charge in [-0.15, -0.1) is 0 Å². The van der Waals surface area contributed by atoms with Gasteiger partial charge in [0.05, 0.1) is 27.5 Å². The third-order valence-electron chi connectivity index (χ3n) is 12.1. The van der Waals surface area contributed by atoms with Gasteiger partial charge in [-0.25, -0.2) is 9.97 Å². The molecule has 11 aromatic rings. The van der Waals surface area contributed by atoms with Crippen LogP contribution >= 0.6 is 0 Å². The first-order chi connectivity index (χ1) is 27.8. The molecular formula is C51H29N3O2. The van der Waals surface area contributed by atoms with Crippen LogP contribution in [0.4, 0.5) is 0 Å². The van der Waals surface area contributed by atoms with E-state index in [9.17, 15) is 0 Å². The van der Waals surface area contributed by atoms with Gasteiger partial charge < -0.3 is 9.15 Å². The first-order valence-electron chi connectivity index (χ1n) is 19.0. The van der Waals surface area contributed by atoms with E-state index >= 15 is 0 Å². The van der Waals surface area contributed by atoms with E-state index in [0.717, 1.165) is 94.5 Å². The van der Waals surface area contributed by atoms with Crippen molar-refractivity contribution in [3.8, 4) is 39.7 Å². The summed E-state index contributed by atoms with van der Waals surface area (Å²) in [5.74, 6) is 2.49. The Hall–Kier alpha value is -7.50. The van der Waals surface area contributed by atoms with Crippen LogP contribution in [-0.2, 0) is 5.41 Å². The molecular weight excluding hydrogens is 687 g/mol. The summed E-state index contributed by atoms with van der Waals surface area (Å²) >= 11 is 0. The Bertz CT molecular complexity index is 3440. The standard InChI is InChI=1S/C51H29N3O2/c1-4-19-37-30(14-1)35-28-36-31-15-2-9-24-43(31)54(44(36)29-40(35)51(37)38-20-5-11-26-46(38)55-47-27-12-6-21-39(47)51)50-48(52-41-22-7-8-23-42(41)53-50)34-18-13-17-33-32-16-3-10-25-45(32)56-49(33)34/h1-29H. The van der Waals surface area contributed by atoms with Crippen molar-refractivity contribution in [2.24, 2.45) is 0 Å². The fourth-order valence-electron chi connectivity index (χ4n) is 9.80. The van der Waals surface area contributed by atoms with Crippen LogP contribution in [0.25, 0.3) is 83.0 Å². The van der Waals surface area contributed by atoms with E-state index in [0.29, 0.717) is 0 Å². The number of ether oxygens (including phenoxy) is 1. The normalized spacial score (nSPS) is 13.6. The fourth-order valence-corrected chi connectivity index (χ4v) is 9.80. The third kappa shape index (κ3) is 3.74. The Morgan fingerprint density at radius 3 is 1.88 bits per heavy atom. The third-order valence-corrected chi connectivity index (χ3v) is 12.1. The molecule has 0 amide bonds. The number of para-hydroxylation sites is 7. The second-order valence-corrected chi connectivity index (χ2v) is 14.8. The van der Waals surface area contributed by atoms with Crippen molar-refractivity contribution in [2.45, 2.75) is 5.41 Å². The molecule has 56 heavy (non-hydrogen) atoms. The van der Waals surface area contributed by atoms with Crippen LogP contribution in [-0.4, -0.2) is 14.5 Å². The lowest BCUT2D eigenvalue weighted by Crippen LogP contribution is -2.32. The zero-order valence-electron chi connectivity index (χ0n) is 29.9. The molecule has 2 aliphatic rings. The number of hydrogen-bond donors (Lipinski definition) is 0. The molecule has 8 aromatic carbocycles. The molecule has 0 atom stereocenters. The van der Waals surface area contributed by atoms with Gasteiger partial charge in [0.2, 0.25) is 0 Å². The minimum atomic E-state index is -0.607. The predicted molar refractivity (Wildman–Crippen MR) is 224 cm³/mol. The van der Waals surface area contributed by atoms with E-state index in [1.165, 1.54) is 22.3 Å². The summed E-state index contributed by atoms with van der Waals surface area (Å²) in [4.78, 5) is 10.9. The summed E-state index contributed by atoms with van der Waals surface area (Å²) in [6.45, 7) is 0. The van der Waals surface area contributed by atoms with Crippen molar-refractivity contribution in [1.82, 2.24) is 14.5 Å². The largest absolute Gasteiger partial charge is 0.457 e. The number of furan rings is 1. The Morgan fingerprint density at radius 1 is 0.429 bits per heavy atom. The maximum atomic E-state index is 6.65. The topological polar surface area (TPSA) is 53.1 Å². The van der Waals surface area contributed by atoms with Crippen LogP contribution in [0, 0.1) is 0 Å². The van der Waals surface area contributed by atoms with Gasteiger partial charge in [-0.2, -0.15) is 0 Å². The van der Waals surface area contributed by atoms with Crippen LogP contribution in [0.1, 0.15) is 22.3 Å². The summed E-state index contributed by atoms with van der Waals surface area (Å²) in [7, 11) is 0. The molecule has 0 unspecified atom stereocenters. The Labute approximate surface area is 320 Å². The Kier molecular flexibility index (Phi) is 5.77. The van der Waals surface area contributed by atoms with Crippen molar-refractivity contribution >= 4 is 54.8 Å². The van der Waals surface area contributed by atoms with E-state index in [2.05, 4.69) is 144 Å². The summed E-state index contributed by atoms with van der Waals surface area (Å²) in [5.41, 5.74) is 13.7. The molecule has 1 aliphatic carbocycles. The second-order valence-electron chi connectivity index (χ2n) is 14.8. The maximum absolute atomic E-state index is 6.65. The molecule has 3 aromatic heterocycles. The van der Waals surface area contributed by atoms with E-state index in [4.69, 9.17) is 19.1 Å². The summed E-state index contributed by atoms with van der Waals surface area (Å²) in [5, 5.41) is 4.44. The molecule has 260 valence electrons. The summed E-state index contributed by atoms with van der Waals surface area (Å²) < 4.78 is 15.6. The number of hydrogen-bond acceptors (Lipinski definition) is 4. The van der Waals surface area contributed by atoms with Crippen LogP contribution < -0.4 is 4.74 Å². The molecule has 0 bridgehead atoms. The van der Waals surface area contributed by atoms with E-state index in [1.807, 2.05) is 36.4 Å². The quantitative estimate of drug-likeness (QED) is 0.179. The van der Waals surface area contributed by atoms with Crippen LogP contribution in [0.2, 0.25) is 0 Å². The number of benzene rings is 8. The maximum Gasteiger partial charge on any atom is 0.165 e. The van der Waals surface area contributed by atoms with Gasteiger partial charge in [0, 0.05) is 38.2 Å². The van der Waals surface area contributed by atoms with E-state index in [1.54, 1.807) is 0 Å². The van der Waals surface area contributed by atoms with Gasteiger partial charge in [0.25, 0.3) is 0 Å². The predicted octanol–water partition coefficient (Wildman–Crippen LogP) is 12.8. The van der Waals surface area contributed by atoms with Crippen LogP contribution in [0.5, 0.6) is 11.5 Å². The van der Waals surface area contributed by atoms with Crippen molar-refractivity contribution in [3.63, 3.8) is 0 Å². The second kappa shape index (κ2) is 10.8. The monoisotopic (exact) mass is 715 g/mol. The fraction of sp³-hybridized carbons (Fsp3) is 0.0196. The average molecular weight is 716 g/mol. The van der Waals surface area contributed by atoms with Crippen molar-refractivity contribution < 1.29 is 9.15 Å². The minimum Gasteiger partial charge on any atom is -0.457 e. The smallest absolute Gasteiger partial charge is 0.165 e. The number of aromatic nitrogens is 3. The number of fused-ring (bicyclic) bond motifs is 16. The highest BCUT2D eigenvalue weighted by molar-refractivity contribution is 6.14. The minimum absolute atomic E-state index is 0.607. The molecule has 5 nitrogen and oxygen atoms in total. The lowest BCUT2D eigenvalue weighted by molar-refractivity contribution is 0.436. The molecule has 0 saturated heterocycles. The van der Waals surface area contributed by atoms with E-state index < -0.39 is 5.41 Å². The van der Waals surface area contributed by atoms with Crippen molar-refractivity contribution in [2.75, 3.05) is 0 Å². The highest BCUT2D eigenvalue weighted by Gasteiger charge is 2.51. The van der Waals surface area contributed by atoms with Gasteiger partial charge in [0.1, 0.15) is 28.4 Å². The summed E-state index contributed by atoms with van der Waals surface area (Å²) in [6, 6.07) is 62.1. The molecule has 1 spiro atoms. The van der Waals surface area contributed by atoms with Crippen LogP contribution in [0.3, 0.4) is 0 Å². The molecule has 13 rings (SSSR count). The van der Waals surface area contributed by atoms with E-state index in [-0.39, 0.29) is 0 Å². The molecule has 1 aliphatic heterocycles. The average Bonchev–Trinajstić information content (AvgIpc) is 3.89. The first-order valence-corrected chi connectivity index (χ1v) is 19.0. The zero-order valence-corrected chi connectivity index (χ0v) is 29.9. The molecule has 0 radical (unpaired) electrons. The van der Waals surface area contributed by atoms with Gasteiger partial charge in [-0.05, 0) is 76.9 Å². The van der Waals surface area contributed by atoms with Gasteiger partial charge in [0.15, 0.2) is 5.82 Å². The van der Waals surface area contributed by atoms with Gasteiger partial charge in [-0.3, -0.25) is 4.57 Å². The number of nitrogens with zero attached hydrogens (tertiary/aromatic N) is 3. The summed E-state index contributed by atoms with van der Waals surface area (Å²) in [6.07, 6.45) is 0. The molecule has 4 heterocycles. The molecule has 0 saturated carbocycles. The molecule has 0 fully saturated rings. The lowest BCUT2D eigenvalue weighted by Gasteiger charge is -2.39. The Balaban J connectivity index is 1.19. The highest BCUT2D eigenvalue weighted by Crippen LogP contribution is 2.62. The SMILES string of the molecule is c1ccc2c(c1)Oc1ccccc1C21c2ccccc2-c2cc3c4ccccc4n(-c4nc5ccccc5nc4-c4cccc5c4oc4ccccc45)c3cc21. The van der Waals surface area contributed by atoms with Crippen molar-refractivity contribution in [3.05, 3.63) is 198 Å². The zero-order chi connectivity index (χ0) is 36.5. The van der Waals surface area contributed by atoms with Gasteiger partial charge >= 0.3 is 0 Å². The molecule has 5 heteroatoms. The Morgan fingerprint density at radius 2 is 1.05 bits per heavy atom. The van der Waals surface area contributed by atoms with Gasteiger partial charge in [-0.1, -0.05) is 121 Å². The number of rotatable bonds is 2.